The van der Waals surface area contributed by atoms with Gasteiger partial charge in [-0.2, -0.15) is 5.10 Å². The summed E-state index contributed by atoms with van der Waals surface area (Å²) >= 11 is 0. The number of nitrogens with zero attached hydrogens (tertiary/aromatic N) is 4. The fraction of sp³-hybridized carbons (Fsp3) is 0.650. The van der Waals surface area contributed by atoms with Gasteiger partial charge in [0.1, 0.15) is 5.82 Å². The summed E-state index contributed by atoms with van der Waals surface area (Å²) in [4.78, 5) is 4.72. The zero-order valence-electron chi connectivity index (χ0n) is 15.8. The molecule has 2 aromatic rings. The van der Waals surface area contributed by atoms with Crippen LogP contribution in [0.4, 0.5) is 0 Å². The second kappa shape index (κ2) is 9.04. The molecule has 2 aromatic heterocycles. The third-order valence-corrected chi connectivity index (χ3v) is 4.70. The van der Waals surface area contributed by atoms with Gasteiger partial charge in [-0.3, -0.25) is 0 Å². The van der Waals surface area contributed by atoms with Crippen LogP contribution in [-0.4, -0.2) is 19.7 Å². The molecule has 1 fully saturated rings. The molecule has 0 bridgehead atoms. The molecule has 0 saturated heterocycles. The molecule has 0 aromatic carbocycles. The third kappa shape index (κ3) is 4.77. The monoisotopic (exact) mass is 518 g/mol. The zero-order valence-corrected chi connectivity index (χ0v) is 18.1. The Kier molecular flexibility index (Phi) is 7.33. The smallest absolute Gasteiger partial charge is 0.124 e. The molecule has 0 spiro atoms. The van der Waals surface area contributed by atoms with Crippen molar-refractivity contribution < 1.29 is 20.1 Å². The molecule has 1 saturated carbocycles. The zero-order chi connectivity index (χ0) is 17.1. The maximum atomic E-state index is 4.72. The number of rotatable bonds is 6. The van der Waals surface area contributed by atoms with Gasteiger partial charge in [-0.1, -0.05) is 65.1 Å². The van der Waals surface area contributed by atoms with Crippen molar-refractivity contribution in [3.8, 4) is 11.4 Å². The average molecular weight is 518 g/mol. The Morgan fingerprint density at radius 2 is 1.84 bits per heavy atom. The van der Waals surface area contributed by atoms with Crippen molar-refractivity contribution in [1.29, 1.82) is 0 Å². The summed E-state index contributed by atoms with van der Waals surface area (Å²) in [5.41, 5.74) is 2.23. The van der Waals surface area contributed by atoms with E-state index in [-0.39, 0.29) is 20.1 Å². The summed E-state index contributed by atoms with van der Waals surface area (Å²) in [6.07, 6.45) is 7.90. The van der Waals surface area contributed by atoms with Crippen LogP contribution in [0.15, 0.2) is 12.3 Å². The summed E-state index contributed by atoms with van der Waals surface area (Å²) < 4.78 is 2.30. The van der Waals surface area contributed by atoms with Gasteiger partial charge in [-0.25, -0.2) is 0 Å². The number of hydrogen-bond acceptors (Lipinski definition) is 3. The fourth-order valence-corrected chi connectivity index (χ4v) is 3.66. The Morgan fingerprint density at radius 3 is 2.48 bits per heavy atom. The second-order valence-corrected chi connectivity index (χ2v) is 7.87. The topological polar surface area (TPSA) is 43.6 Å². The van der Waals surface area contributed by atoms with E-state index in [0.717, 1.165) is 30.2 Å². The van der Waals surface area contributed by atoms with Gasteiger partial charge in [0, 0.05) is 33.1 Å². The van der Waals surface area contributed by atoms with E-state index in [1.54, 1.807) is 0 Å². The first kappa shape index (κ1) is 20.3. The van der Waals surface area contributed by atoms with Crippen molar-refractivity contribution >= 4 is 0 Å². The van der Waals surface area contributed by atoms with Gasteiger partial charge in [0.2, 0.25) is 0 Å². The molecule has 2 heterocycles. The third-order valence-electron chi connectivity index (χ3n) is 4.70. The van der Waals surface area contributed by atoms with Crippen LogP contribution in [0.1, 0.15) is 70.8 Å². The van der Waals surface area contributed by atoms with Crippen LogP contribution in [-0.2, 0) is 33.1 Å². The Balaban J connectivity index is 0.00000225. The molecule has 0 amide bonds. The molecule has 5 heteroatoms. The number of aromatic nitrogens is 4. The molecule has 1 aliphatic rings. The molecule has 3 rings (SSSR count). The van der Waals surface area contributed by atoms with E-state index < -0.39 is 0 Å². The van der Waals surface area contributed by atoms with Crippen LogP contribution in [0.2, 0.25) is 0 Å². The minimum atomic E-state index is 0. The standard InChI is InChI=1S/C20H29N4.Ir/c1-14(2)12-18-22-23-20(24(18)13-15(3)4)17-10-7-11-21-19(17)16-8-5-6-9-16;/h7,11,14-16H,5-6,8-9,12-13H2,1-4H3;/q-1;. The van der Waals surface area contributed by atoms with E-state index in [1.807, 2.05) is 12.3 Å². The van der Waals surface area contributed by atoms with E-state index in [2.05, 4.69) is 48.5 Å². The van der Waals surface area contributed by atoms with Crippen LogP contribution in [0.25, 0.3) is 11.4 Å². The predicted molar refractivity (Wildman–Crippen MR) is 96.7 cm³/mol. The van der Waals surface area contributed by atoms with Crippen LogP contribution < -0.4 is 0 Å². The van der Waals surface area contributed by atoms with Gasteiger partial charge in [0.25, 0.3) is 0 Å². The van der Waals surface area contributed by atoms with Crippen molar-refractivity contribution in [3.05, 3.63) is 29.8 Å². The number of pyridine rings is 1. The van der Waals surface area contributed by atoms with Gasteiger partial charge in [0.15, 0.2) is 0 Å². The minimum absolute atomic E-state index is 0. The van der Waals surface area contributed by atoms with Gasteiger partial charge < -0.3 is 9.55 Å². The van der Waals surface area contributed by atoms with Crippen molar-refractivity contribution in [2.24, 2.45) is 11.8 Å². The van der Waals surface area contributed by atoms with Crippen molar-refractivity contribution in [2.45, 2.75) is 72.3 Å². The summed E-state index contributed by atoms with van der Waals surface area (Å²) in [6, 6.07) is 5.33. The maximum absolute atomic E-state index is 4.72. The predicted octanol–water partition coefficient (Wildman–Crippen LogP) is 4.65. The SMILES string of the molecule is CC(C)Cc1nnc(-c2[c-]ccnc2C2CCCC2)n1CC(C)C.[Ir]. The molecular formula is C20H29IrN4-. The van der Waals surface area contributed by atoms with E-state index >= 15 is 0 Å². The second-order valence-electron chi connectivity index (χ2n) is 7.87. The first-order chi connectivity index (χ1) is 11.6. The maximum Gasteiger partial charge on any atom is 0.124 e. The van der Waals surface area contributed by atoms with Crippen molar-refractivity contribution in [2.75, 3.05) is 0 Å². The molecule has 1 aliphatic carbocycles. The van der Waals surface area contributed by atoms with Crippen LogP contribution in [0.3, 0.4) is 0 Å². The Morgan fingerprint density at radius 1 is 1.12 bits per heavy atom. The van der Waals surface area contributed by atoms with Crippen LogP contribution >= 0.6 is 0 Å². The molecule has 25 heavy (non-hydrogen) atoms. The molecule has 4 nitrogen and oxygen atoms in total. The minimum Gasteiger partial charge on any atom is -0.356 e. The molecule has 0 N–H and O–H groups in total. The van der Waals surface area contributed by atoms with E-state index in [4.69, 9.17) is 4.98 Å². The van der Waals surface area contributed by atoms with Crippen LogP contribution in [0.5, 0.6) is 0 Å². The largest absolute Gasteiger partial charge is 0.356 e. The van der Waals surface area contributed by atoms with Gasteiger partial charge in [-0.05, 0) is 23.4 Å². The molecule has 0 aliphatic heterocycles. The van der Waals surface area contributed by atoms with Gasteiger partial charge >= 0.3 is 0 Å². The summed E-state index contributed by atoms with van der Waals surface area (Å²) in [6.45, 7) is 9.89. The Hall–Kier alpha value is -1.06. The summed E-state index contributed by atoms with van der Waals surface area (Å²) in [7, 11) is 0. The van der Waals surface area contributed by atoms with E-state index in [1.165, 1.54) is 31.4 Å². The molecular weight excluding hydrogens is 488 g/mol. The number of hydrogen-bond donors (Lipinski definition) is 0. The van der Waals surface area contributed by atoms with Crippen LogP contribution in [0, 0.1) is 17.9 Å². The molecule has 1 radical (unpaired) electrons. The van der Waals surface area contributed by atoms with Gasteiger partial charge in [-0.15, -0.1) is 17.2 Å². The average Bonchev–Trinajstić information content (AvgIpc) is 3.18. The Bertz CT molecular complexity index is 672. The molecule has 0 unspecified atom stereocenters. The first-order valence-electron chi connectivity index (χ1n) is 9.35. The van der Waals surface area contributed by atoms with Gasteiger partial charge in [0.05, 0.1) is 5.82 Å². The van der Waals surface area contributed by atoms with Crippen molar-refractivity contribution in [3.63, 3.8) is 0 Å². The van der Waals surface area contributed by atoms with E-state index in [0.29, 0.717) is 17.8 Å². The summed E-state index contributed by atoms with van der Waals surface area (Å²) in [5.74, 6) is 3.71. The van der Waals surface area contributed by atoms with E-state index in [9.17, 15) is 0 Å². The fourth-order valence-electron chi connectivity index (χ4n) is 3.66. The first-order valence-corrected chi connectivity index (χ1v) is 9.35. The molecule has 0 atom stereocenters. The Labute approximate surface area is 165 Å². The normalized spacial score (nSPS) is 15.1. The summed E-state index contributed by atoms with van der Waals surface area (Å²) in [5, 5.41) is 9.08. The van der Waals surface area contributed by atoms with Crippen molar-refractivity contribution in [1.82, 2.24) is 19.7 Å². The quantitative estimate of drug-likeness (QED) is 0.524. The molecule has 139 valence electrons.